The molecule has 7 rings (SSSR count). The van der Waals surface area contributed by atoms with Crippen LogP contribution in [0.2, 0.25) is 0 Å². The maximum atomic E-state index is 12.8. The van der Waals surface area contributed by atoms with Crippen LogP contribution in [0.4, 0.5) is 11.4 Å². The van der Waals surface area contributed by atoms with Gasteiger partial charge < -0.3 is 14.4 Å². The van der Waals surface area contributed by atoms with Gasteiger partial charge in [0, 0.05) is 60.0 Å². The van der Waals surface area contributed by atoms with Gasteiger partial charge >= 0.3 is 5.97 Å². The normalized spacial score (nSPS) is 20.4. The molecule has 0 saturated heterocycles. The average Bonchev–Trinajstić information content (AvgIpc) is 3.54. The van der Waals surface area contributed by atoms with Crippen LogP contribution in [-0.2, 0) is 25.1 Å². The van der Waals surface area contributed by atoms with Crippen molar-refractivity contribution in [2.24, 2.45) is 5.41 Å². The first kappa shape index (κ1) is 39.8. The van der Waals surface area contributed by atoms with Crippen molar-refractivity contribution < 1.29 is 18.8 Å². The number of halogens is 1. The van der Waals surface area contributed by atoms with Gasteiger partial charge in [0.1, 0.15) is 0 Å². The summed E-state index contributed by atoms with van der Waals surface area (Å²) in [6, 6.07) is 26.4. The number of carbonyl (C=O) groups excluding carboxylic acids is 1. The lowest BCUT2D eigenvalue weighted by Gasteiger charge is -2.27. The Bertz CT molecular complexity index is 2320. The summed E-state index contributed by atoms with van der Waals surface area (Å²) < 4.78 is 13.8. The van der Waals surface area contributed by atoms with Crippen LogP contribution in [0.1, 0.15) is 85.3 Å². The van der Waals surface area contributed by atoms with Gasteiger partial charge in [-0.1, -0.05) is 93.6 Å². The molecule has 4 aromatic carbocycles. The number of allylic oxidation sites excluding steroid dienone is 8. The zero-order chi connectivity index (χ0) is 39.8. The smallest absolute Gasteiger partial charge is 0.311 e. The largest absolute Gasteiger partial charge is 0.465 e. The zero-order valence-corrected chi connectivity index (χ0v) is 35.3. The van der Waals surface area contributed by atoms with E-state index in [-0.39, 0.29) is 22.2 Å². The molecular weight excluding hydrogens is 712 g/mol. The summed E-state index contributed by atoms with van der Waals surface area (Å²) >= 11 is 7.04. The van der Waals surface area contributed by atoms with Crippen LogP contribution in [0.3, 0.4) is 0 Å². The Kier molecular flexibility index (Phi) is 11.2. The molecule has 1 atom stereocenters. The Balaban J connectivity index is 1.22. The van der Waals surface area contributed by atoms with Crippen molar-refractivity contribution in [1.82, 2.24) is 0 Å². The fourth-order valence-corrected chi connectivity index (χ4v) is 9.36. The summed E-state index contributed by atoms with van der Waals surface area (Å²) in [4.78, 5) is 15.2. The maximum absolute atomic E-state index is 12.8. The van der Waals surface area contributed by atoms with E-state index in [9.17, 15) is 4.79 Å². The van der Waals surface area contributed by atoms with Gasteiger partial charge in [0.25, 0.3) is 0 Å². The summed E-state index contributed by atoms with van der Waals surface area (Å²) in [6.45, 7) is 17.8. The molecule has 1 aliphatic carbocycles. The van der Waals surface area contributed by atoms with E-state index in [2.05, 4.69) is 140 Å². The molecule has 0 aromatic heterocycles. The molecule has 0 fully saturated rings. The third-order valence-corrected chi connectivity index (χ3v) is 12.7. The highest BCUT2D eigenvalue weighted by atomic mass is 35.5. The van der Waals surface area contributed by atoms with Gasteiger partial charge in [0.2, 0.25) is 5.69 Å². The summed E-state index contributed by atoms with van der Waals surface area (Å²) in [7, 11) is 1.77. The molecule has 0 radical (unpaired) electrons. The number of hydrogen-bond donors (Lipinski definition) is 0. The fourth-order valence-electron chi connectivity index (χ4n) is 9.01. The number of rotatable bonds is 12. The summed E-state index contributed by atoms with van der Waals surface area (Å²) in [5, 5.41) is 5.09. The molecule has 0 saturated carbocycles. The number of ether oxygens (including phenoxy) is 2. The van der Waals surface area contributed by atoms with Crippen molar-refractivity contribution in [3.05, 3.63) is 131 Å². The van der Waals surface area contributed by atoms with E-state index in [0.29, 0.717) is 13.2 Å². The Labute approximate surface area is 339 Å². The summed E-state index contributed by atoms with van der Waals surface area (Å²) in [5.74, 6) is -0.131. The zero-order valence-electron chi connectivity index (χ0n) is 34.5. The fraction of sp³-hybridized carbons (Fsp3) is 0.400. The Morgan fingerprint density at radius 1 is 0.875 bits per heavy atom. The van der Waals surface area contributed by atoms with Gasteiger partial charge in [-0.3, -0.25) is 4.79 Å². The van der Waals surface area contributed by atoms with E-state index in [1.807, 2.05) is 20.8 Å². The van der Waals surface area contributed by atoms with Crippen molar-refractivity contribution in [2.75, 3.05) is 38.3 Å². The second-order valence-electron chi connectivity index (χ2n) is 17.4. The first-order valence-electron chi connectivity index (χ1n) is 20.3. The quantitative estimate of drug-likeness (QED) is 0.0623. The van der Waals surface area contributed by atoms with Gasteiger partial charge in [-0.25, -0.2) is 0 Å². The van der Waals surface area contributed by atoms with E-state index >= 15 is 0 Å². The Hall–Kier alpha value is -4.45. The molecular formula is C50H58ClN2O3+. The average molecular weight is 770 g/mol. The maximum Gasteiger partial charge on any atom is 0.311 e. The van der Waals surface area contributed by atoms with Gasteiger partial charge in [-0.05, 0) is 103 Å². The van der Waals surface area contributed by atoms with Crippen molar-refractivity contribution in [3.8, 4) is 0 Å². The van der Waals surface area contributed by atoms with E-state index in [4.69, 9.17) is 21.1 Å². The van der Waals surface area contributed by atoms with Crippen LogP contribution in [-0.4, -0.2) is 55.0 Å². The number of anilines is 1. The van der Waals surface area contributed by atoms with Gasteiger partial charge in [-0.2, -0.15) is 4.58 Å². The molecule has 2 aliphatic heterocycles. The van der Waals surface area contributed by atoms with Gasteiger partial charge in [0.15, 0.2) is 12.3 Å². The highest BCUT2D eigenvalue weighted by Crippen LogP contribution is 2.51. The molecule has 4 aromatic rings. The number of hydrogen-bond acceptors (Lipinski definition) is 4. The minimum atomic E-state index is -0.477. The number of esters is 1. The molecule has 0 spiro atoms. The molecule has 2 heterocycles. The van der Waals surface area contributed by atoms with Crippen molar-refractivity contribution in [2.45, 2.75) is 90.4 Å². The van der Waals surface area contributed by atoms with Crippen molar-refractivity contribution >= 4 is 56.2 Å². The number of fused-ring (bicyclic) bond motifs is 6. The third kappa shape index (κ3) is 7.41. The van der Waals surface area contributed by atoms with Crippen LogP contribution in [0.5, 0.6) is 0 Å². The van der Waals surface area contributed by atoms with Gasteiger partial charge in [-0.15, -0.1) is 11.6 Å². The standard InChI is InChI=1S/C50H58ClN2O3/c1-9-48(2,3)47(54)56-29-14-27-52-41-23-21-36-15-10-12-17-39(36)45(41)49(4,5)43(52)25-19-34-31-35(33-38(51)32-34)20-26-44-50(6,7)46-40-18-13-11-16-37(40)22-24-42(46)53(44)28-30-55-8/h10-13,15-26,31,38H,9,14,27-30,32-33H2,1-8H3/q+1. The van der Waals surface area contributed by atoms with Crippen LogP contribution in [0, 0.1) is 5.41 Å². The Morgan fingerprint density at radius 2 is 1.55 bits per heavy atom. The molecule has 292 valence electrons. The second-order valence-corrected chi connectivity index (χ2v) is 18.0. The van der Waals surface area contributed by atoms with Crippen LogP contribution in [0.25, 0.3) is 21.5 Å². The first-order chi connectivity index (χ1) is 26.8. The van der Waals surface area contributed by atoms with E-state index < -0.39 is 5.41 Å². The SMILES string of the molecule is CCC(C)(C)C(=O)OCCC[N+]1=C(/C=C/C2=CC(=C/C=C3\N(CCOC)c4ccc5ccccc5c4C3(C)C)/CC(Cl)C2)C(C)(C)c2c1ccc1ccccc21. The van der Waals surface area contributed by atoms with Crippen molar-refractivity contribution in [3.63, 3.8) is 0 Å². The van der Waals surface area contributed by atoms with Crippen molar-refractivity contribution in [1.29, 1.82) is 0 Å². The molecule has 0 bridgehead atoms. The minimum Gasteiger partial charge on any atom is -0.465 e. The molecule has 56 heavy (non-hydrogen) atoms. The molecule has 0 N–H and O–H groups in total. The van der Waals surface area contributed by atoms with Crippen LogP contribution < -0.4 is 4.90 Å². The number of alkyl halides is 1. The number of benzene rings is 4. The second kappa shape index (κ2) is 15.8. The van der Waals surface area contributed by atoms with Crippen LogP contribution >= 0.6 is 11.6 Å². The summed E-state index contributed by atoms with van der Waals surface area (Å²) in [6.07, 6.45) is 14.6. The lowest BCUT2D eigenvalue weighted by Crippen LogP contribution is -2.29. The van der Waals surface area contributed by atoms with E-state index in [1.54, 1.807) is 7.11 Å². The lowest BCUT2D eigenvalue weighted by atomic mass is 9.78. The monoisotopic (exact) mass is 769 g/mol. The predicted molar refractivity (Wildman–Crippen MR) is 235 cm³/mol. The highest BCUT2D eigenvalue weighted by molar-refractivity contribution is 6.21. The third-order valence-electron chi connectivity index (χ3n) is 12.4. The number of nitrogens with zero attached hydrogens (tertiary/aromatic N) is 2. The highest BCUT2D eigenvalue weighted by Gasteiger charge is 2.46. The first-order valence-corrected chi connectivity index (χ1v) is 20.8. The van der Waals surface area contributed by atoms with E-state index in [1.165, 1.54) is 66.6 Å². The molecule has 3 aliphatic rings. The van der Waals surface area contributed by atoms with Crippen LogP contribution in [0.15, 0.2) is 120 Å². The number of carbonyl (C=O) groups is 1. The summed E-state index contributed by atoms with van der Waals surface area (Å²) in [5.41, 5.74) is 9.22. The Morgan fingerprint density at radius 3 is 2.25 bits per heavy atom. The minimum absolute atomic E-state index is 0.00696. The van der Waals surface area contributed by atoms with E-state index in [0.717, 1.165) is 38.8 Å². The molecule has 5 nitrogen and oxygen atoms in total. The van der Waals surface area contributed by atoms with Gasteiger partial charge in [0.05, 0.1) is 24.0 Å². The predicted octanol–water partition coefficient (Wildman–Crippen LogP) is 11.9. The lowest BCUT2D eigenvalue weighted by molar-refractivity contribution is -0.438. The molecule has 0 amide bonds. The number of methoxy groups -OCH3 is 1. The molecule has 6 heteroatoms. The molecule has 1 unspecified atom stereocenters. The topological polar surface area (TPSA) is 41.8 Å².